The number of sulfone groups is 1. The second kappa shape index (κ2) is 5.72. The zero-order chi connectivity index (χ0) is 13.2. The minimum atomic E-state index is -2.94. The average Bonchev–Trinajstić information content (AvgIpc) is 2.73. The van der Waals surface area contributed by atoms with Crippen LogP contribution >= 0.6 is 11.3 Å². The first kappa shape index (κ1) is 14.0. The van der Waals surface area contributed by atoms with Gasteiger partial charge in [-0.1, -0.05) is 13.3 Å². The molecule has 0 amide bonds. The Morgan fingerprint density at radius 3 is 2.83 bits per heavy atom. The molecule has 2 heterocycles. The van der Waals surface area contributed by atoms with Crippen LogP contribution in [0.5, 0.6) is 0 Å². The molecule has 0 bridgehead atoms. The van der Waals surface area contributed by atoms with Crippen LogP contribution in [0.1, 0.15) is 42.7 Å². The summed E-state index contributed by atoms with van der Waals surface area (Å²) < 4.78 is 24.5. The predicted molar refractivity (Wildman–Crippen MR) is 76.9 cm³/mol. The predicted octanol–water partition coefficient (Wildman–Crippen LogP) is 2.67. The molecule has 18 heavy (non-hydrogen) atoms. The quantitative estimate of drug-likeness (QED) is 0.926. The smallest absolute Gasteiger partial charge is 0.155 e. The number of thiophene rings is 1. The first-order valence-electron chi connectivity index (χ1n) is 6.54. The SMILES string of the molecule is CCNC(c1csc(C)c1)C1CCCCS1(=O)=O. The normalized spacial score (nSPS) is 24.9. The molecule has 3 nitrogen and oxygen atoms in total. The Morgan fingerprint density at radius 2 is 2.28 bits per heavy atom. The van der Waals surface area contributed by atoms with Gasteiger partial charge in [0.25, 0.3) is 0 Å². The van der Waals surface area contributed by atoms with Crippen LogP contribution in [0.15, 0.2) is 11.4 Å². The van der Waals surface area contributed by atoms with Crippen molar-refractivity contribution in [2.75, 3.05) is 12.3 Å². The minimum absolute atomic E-state index is 0.0368. The number of hydrogen-bond donors (Lipinski definition) is 1. The molecule has 0 spiro atoms. The molecule has 102 valence electrons. The van der Waals surface area contributed by atoms with Crippen molar-refractivity contribution in [2.24, 2.45) is 0 Å². The van der Waals surface area contributed by atoms with Crippen molar-refractivity contribution < 1.29 is 8.42 Å². The van der Waals surface area contributed by atoms with Gasteiger partial charge >= 0.3 is 0 Å². The molecule has 2 atom stereocenters. The topological polar surface area (TPSA) is 46.2 Å². The zero-order valence-corrected chi connectivity index (χ0v) is 12.6. The third-order valence-electron chi connectivity index (χ3n) is 3.53. The van der Waals surface area contributed by atoms with Crippen LogP contribution in [0.3, 0.4) is 0 Å². The summed E-state index contributed by atoms with van der Waals surface area (Å²) in [6.45, 7) is 4.89. The number of nitrogens with one attached hydrogen (secondary N) is 1. The van der Waals surface area contributed by atoms with Crippen LogP contribution in [-0.4, -0.2) is 26.0 Å². The molecular weight excluding hydrogens is 266 g/mol. The lowest BCUT2D eigenvalue weighted by Gasteiger charge is -2.30. The molecule has 2 rings (SSSR count). The maximum Gasteiger partial charge on any atom is 0.155 e. The Bertz CT molecular complexity index is 493. The summed E-state index contributed by atoms with van der Waals surface area (Å²) in [6.07, 6.45) is 2.63. The van der Waals surface area contributed by atoms with Gasteiger partial charge in [0.2, 0.25) is 0 Å². The molecule has 1 aromatic heterocycles. The van der Waals surface area contributed by atoms with E-state index in [1.54, 1.807) is 11.3 Å². The van der Waals surface area contributed by atoms with Crippen molar-refractivity contribution in [1.29, 1.82) is 0 Å². The van der Waals surface area contributed by atoms with E-state index in [0.717, 1.165) is 31.4 Å². The number of aryl methyl sites for hydroxylation is 1. The van der Waals surface area contributed by atoms with Crippen LogP contribution in [0.2, 0.25) is 0 Å². The fourth-order valence-corrected chi connectivity index (χ4v) is 5.51. The summed E-state index contributed by atoms with van der Waals surface area (Å²) >= 11 is 1.69. The van der Waals surface area contributed by atoms with Gasteiger partial charge in [-0.3, -0.25) is 0 Å². The third kappa shape index (κ3) is 2.95. The Kier molecular flexibility index (Phi) is 4.45. The van der Waals surface area contributed by atoms with E-state index < -0.39 is 9.84 Å². The van der Waals surface area contributed by atoms with Crippen molar-refractivity contribution >= 4 is 21.2 Å². The molecule has 1 aromatic rings. The van der Waals surface area contributed by atoms with Gasteiger partial charge in [-0.05, 0) is 43.3 Å². The molecular formula is C13H21NO2S2. The first-order valence-corrected chi connectivity index (χ1v) is 9.14. The highest BCUT2D eigenvalue weighted by Gasteiger charge is 2.36. The lowest BCUT2D eigenvalue weighted by atomic mass is 10.0. The fourth-order valence-electron chi connectivity index (χ4n) is 2.66. The van der Waals surface area contributed by atoms with Crippen molar-refractivity contribution in [3.8, 4) is 0 Å². The van der Waals surface area contributed by atoms with E-state index in [4.69, 9.17) is 0 Å². The Labute approximate surface area is 114 Å². The molecule has 0 saturated carbocycles. The zero-order valence-electron chi connectivity index (χ0n) is 11.0. The molecule has 5 heteroatoms. The van der Waals surface area contributed by atoms with Crippen molar-refractivity contribution in [3.63, 3.8) is 0 Å². The fraction of sp³-hybridized carbons (Fsp3) is 0.692. The second-order valence-corrected chi connectivity index (χ2v) is 8.38. The minimum Gasteiger partial charge on any atom is -0.309 e. The molecule has 1 saturated heterocycles. The maximum absolute atomic E-state index is 12.2. The summed E-state index contributed by atoms with van der Waals surface area (Å²) in [7, 11) is -2.94. The van der Waals surface area contributed by atoms with Gasteiger partial charge in [-0.25, -0.2) is 8.42 Å². The molecule has 1 fully saturated rings. The number of rotatable bonds is 4. The van der Waals surface area contributed by atoms with Crippen molar-refractivity contribution in [2.45, 2.75) is 44.4 Å². The van der Waals surface area contributed by atoms with Gasteiger partial charge in [-0.15, -0.1) is 11.3 Å². The molecule has 1 N–H and O–H groups in total. The molecule has 0 radical (unpaired) electrons. The summed E-state index contributed by atoms with van der Waals surface area (Å²) in [6, 6.07) is 2.08. The average molecular weight is 287 g/mol. The molecule has 2 unspecified atom stereocenters. The van der Waals surface area contributed by atoms with Gasteiger partial charge in [0.1, 0.15) is 0 Å². The van der Waals surface area contributed by atoms with Crippen LogP contribution < -0.4 is 5.32 Å². The van der Waals surface area contributed by atoms with E-state index in [0.29, 0.717) is 5.75 Å². The maximum atomic E-state index is 12.2. The van der Waals surface area contributed by atoms with Crippen molar-refractivity contribution in [1.82, 2.24) is 5.32 Å². The van der Waals surface area contributed by atoms with E-state index >= 15 is 0 Å². The second-order valence-electron chi connectivity index (χ2n) is 4.93. The third-order valence-corrected chi connectivity index (χ3v) is 6.70. The summed E-state index contributed by atoms with van der Waals surface area (Å²) in [5, 5.41) is 5.21. The van der Waals surface area contributed by atoms with Gasteiger partial charge in [0, 0.05) is 10.9 Å². The molecule has 0 aromatic carbocycles. The van der Waals surface area contributed by atoms with Crippen LogP contribution in [0.4, 0.5) is 0 Å². The van der Waals surface area contributed by atoms with Crippen LogP contribution in [0.25, 0.3) is 0 Å². The van der Waals surface area contributed by atoms with Crippen LogP contribution in [-0.2, 0) is 9.84 Å². The van der Waals surface area contributed by atoms with Gasteiger partial charge in [0.15, 0.2) is 9.84 Å². The largest absolute Gasteiger partial charge is 0.309 e. The van der Waals surface area contributed by atoms with E-state index in [-0.39, 0.29) is 11.3 Å². The van der Waals surface area contributed by atoms with E-state index in [1.807, 2.05) is 6.92 Å². The van der Waals surface area contributed by atoms with E-state index in [2.05, 4.69) is 23.7 Å². The summed E-state index contributed by atoms with van der Waals surface area (Å²) in [5.41, 5.74) is 1.13. The summed E-state index contributed by atoms with van der Waals surface area (Å²) in [4.78, 5) is 1.24. The first-order chi connectivity index (χ1) is 8.54. The highest BCUT2D eigenvalue weighted by atomic mass is 32.2. The lowest BCUT2D eigenvalue weighted by molar-refractivity contribution is 0.454. The molecule has 1 aliphatic heterocycles. The molecule has 1 aliphatic rings. The van der Waals surface area contributed by atoms with E-state index in [1.165, 1.54) is 4.88 Å². The molecule has 0 aliphatic carbocycles. The monoisotopic (exact) mass is 287 g/mol. The van der Waals surface area contributed by atoms with Crippen molar-refractivity contribution in [3.05, 3.63) is 21.9 Å². The summed E-state index contributed by atoms with van der Waals surface area (Å²) in [5.74, 6) is 0.350. The van der Waals surface area contributed by atoms with Gasteiger partial charge < -0.3 is 5.32 Å². The number of hydrogen-bond acceptors (Lipinski definition) is 4. The highest BCUT2D eigenvalue weighted by molar-refractivity contribution is 7.92. The van der Waals surface area contributed by atoms with Gasteiger partial charge in [-0.2, -0.15) is 0 Å². The lowest BCUT2D eigenvalue weighted by Crippen LogP contribution is -2.40. The standard InChI is InChI=1S/C13H21NO2S2/c1-3-14-13(11-8-10(2)17-9-11)12-6-4-5-7-18(12,15)16/h8-9,12-14H,3-7H2,1-2H3. The Balaban J connectivity index is 2.29. The Morgan fingerprint density at radius 1 is 1.50 bits per heavy atom. The van der Waals surface area contributed by atoms with Gasteiger partial charge in [0.05, 0.1) is 11.0 Å². The van der Waals surface area contributed by atoms with E-state index in [9.17, 15) is 8.42 Å². The van der Waals surface area contributed by atoms with Crippen LogP contribution in [0, 0.1) is 6.92 Å². The Hall–Kier alpha value is -0.390. The highest BCUT2D eigenvalue weighted by Crippen LogP contribution is 2.32.